The van der Waals surface area contributed by atoms with Crippen LogP contribution < -0.4 is 10.6 Å². The fourth-order valence-electron chi connectivity index (χ4n) is 3.01. The molecule has 0 bridgehead atoms. The average molecular weight is 333 g/mol. The van der Waals surface area contributed by atoms with E-state index in [0.29, 0.717) is 12.3 Å². The summed E-state index contributed by atoms with van der Waals surface area (Å²) in [7, 11) is 0. The Labute approximate surface area is 146 Å². The van der Waals surface area contributed by atoms with Crippen LogP contribution in [0, 0.1) is 0 Å². The monoisotopic (exact) mass is 333 g/mol. The van der Waals surface area contributed by atoms with Crippen LogP contribution in [0.5, 0.6) is 0 Å². The predicted octanol–water partition coefficient (Wildman–Crippen LogP) is 4.40. The lowest BCUT2D eigenvalue weighted by molar-refractivity contribution is -0.116. The minimum absolute atomic E-state index is 0.0614. The SMILES string of the molecule is C[C@H](Nc1ccc2c(c1)CCC(=O)N2)c1ncc(-c2ccccc2)o1. The first-order valence-corrected chi connectivity index (χ1v) is 8.39. The van der Waals surface area contributed by atoms with Crippen molar-refractivity contribution in [2.75, 3.05) is 10.6 Å². The molecule has 3 aromatic rings. The number of oxazole rings is 1. The van der Waals surface area contributed by atoms with Gasteiger partial charge in [0.15, 0.2) is 5.76 Å². The number of rotatable bonds is 4. The number of aryl methyl sites for hydroxylation is 1. The Hall–Kier alpha value is -3.08. The number of nitrogens with zero attached hydrogens (tertiary/aromatic N) is 1. The topological polar surface area (TPSA) is 67.2 Å². The molecule has 0 saturated heterocycles. The van der Waals surface area contributed by atoms with E-state index in [4.69, 9.17) is 4.42 Å². The number of aromatic nitrogens is 1. The van der Waals surface area contributed by atoms with Crippen molar-refractivity contribution in [3.8, 4) is 11.3 Å². The summed E-state index contributed by atoms with van der Waals surface area (Å²) in [5, 5.41) is 6.31. The van der Waals surface area contributed by atoms with Gasteiger partial charge in [0.05, 0.1) is 6.20 Å². The second-order valence-electron chi connectivity index (χ2n) is 6.21. The molecular formula is C20H19N3O2. The van der Waals surface area contributed by atoms with Crippen LogP contribution in [0.15, 0.2) is 59.1 Å². The zero-order valence-corrected chi connectivity index (χ0v) is 14.0. The number of carbonyl (C=O) groups excluding carboxylic acids is 1. The van der Waals surface area contributed by atoms with E-state index in [0.717, 1.165) is 34.7 Å². The minimum Gasteiger partial charge on any atom is -0.438 e. The third kappa shape index (κ3) is 3.26. The van der Waals surface area contributed by atoms with Gasteiger partial charge >= 0.3 is 0 Å². The fraction of sp³-hybridized carbons (Fsp3) is 0.200. The standard InChI is InChI=1S/C20H19N3O2/c1-13(20-21-12-18(25-20)14-5-3-2-4-6-14)22-16-8-9-17-15(11-16)7-10-19(24)23-17/h2-6,8-9,11-13,22H,7,10H2,1H3,(H,23,24)/t13-/m0/s1. The first-order valence-electron chi connectivity index (χ1n) is 8.39. The van der Waals surface area contributed by atoms with Gasteiger partial charge in [-0.2, -0.15) is 0 Å². The molecule has 25 heavy (non-hydrogen) atoms. The third-order valence-corrected chi connectivity index (χ3v) is 4.34. The smallest absolute Gasteiger partial charge is 0.224 e. The maximum atomic E-state index is 11.4. The van der Waals surface area contributed by atoms with Crippen LogP contribution in [-0.2, 0) is 11.2 Å². The zero-order valence-electron chi connectivity index (χ0n) is 14.0. The van der Waals surface area contributed by atoms with Crippen molar-refractivity contribution in [3.05, 3.63) is 66.2 Å². The van der Waals surface area contributed by atoms with Crippen LogP contribution >= 0.6 is 0 Å². The molecule has 0 aliphatic carbocycles. The molecule has 126 valence electrons. The van der Waals surface area contributed by atoms with Crippen molar-refractivity contribution in [1.82, 2.24) is 4.98 Å². The number of hydrogen-bond donors (Lipinski definition) is 2. The number of amides is 1. The molecule has 5 nitrogen and oxygen atoms in total. The van der Waals surface area contributed by atoms with E-state index in [2.05, 4.69) is 21.7 Å². The molecule has 4 rings (SSSR count). The van der Waals surface area contributed by atoms with Crippen LogP contribution in [0.1, 0.15) is 30.8 Å². The molecule has 0 unspecified atom stereocenters. The first-order chi connectivity index (χ1) is 12.2. The van der Waals surface area contributed by atoms with E-state index in [1.165, 1.54) is 0 Å². The molecule has 0 fully saturated rings. The second-order valence-corrected chi connectivity index (χ2v) is 6.21. The van der Waals surface area contributed by atoms with Gasteiger partial charge in [-0.25, -0.2) is 4.98 Å². The van der Waals surface area contributed by atoms with Crippen LogP contribution in [0.25, 0.3) is 11.3 Å². The number of anilines is 2. The van der Waals surface area contributed by atoms with Crippen molar-refractivity contribution >= 4 is 17.3 Å². The second kappa shape index (κ2) is 6.43. The van der Waals surface area contributed by atoms with Crippen molar-refractivity contribution in [2.45, 2.75) is 25.8 Å². The Kier molecular flexibility index (Phi) is 3.98. The number of carbonyl (C=O) groups is 1. The molecule has 1 atom stereocenters. The fourth-order valence-corrected chi connectivity index (χ4v) is 3.01. The molecule has 1 amide bonds. The van der Waals surface area contributed by atoms with E-state index >= 15 is 0 Å². The Balaban J connectivity index is 1.50. The normalized spacial score (nSPS) is 14.5. The summed E-state index contributed by atoms with van der Waals surface area (Å²) in [6.07, 6.45) is 3.06. The maximum absolute atomic E-state index is 11.4. The average Bonchev–Trinajstić information content (AvgIpc) is 3.13. The molecule has 0 saturated carbocycles. The van der Waals surface area contributed by atoms with Crippen LogP contribution in [0.4, 0.5) is 11.4 Å². The minimum atomic E-state index is -0.0614. The molecule has 2 aromatic carbocycles. The molecule has 5 heteroatoms. The Morgan fingerprint density at radius 1 is 1.16 bits per heavy atom. The van der Waals surface area contributed by atoms with E-state index in [1.807, 2.05) is 49.4 Å². The Bertz CT molecular complexity index is 902. The van der Waals surface area contributed by atoms with Crippen molar-refractivity contribution in [3.63, 3.8) is 0 Å². The Morgan fingerprint density at radius 3 is 2.84 bits per heavy atom. The molecule has 1 aliphatic heterocycles. The zero-order chi connectivity index (χ0) is 17.2. The summed E-state index contributed by atoms with van der Waals surface area (Å²) in [5.74, 6) is 1.48. The van der Waals surface area contributed by atoms with Crippen molar-refractivity contribution in [1.29, 1.82) is 0 Å². The summed E-state index contributed by atoms with van der Waals surface area (Å²) >= 11 is 0. The van der Waals surface area contributed by atoms with E-state index in [1.54, 1.807) is 6.20 Å². The highest BCUT2D eigenvalue weighted by molar-refractivity contribution is 5.94. The van der Waals surface area contributed by atoms with Crippen molar-refractivity contribution in [2.24, 2.45) is 0 Å². The summed E-state index contributed by atoms with van der Waals surface area (Å²) in [4.78, 5) is 15.8. The van der Waals surface area contributed by atoms with Crippen LogP contribution in [0.3, 0.4) is 0 Å². The van der Waals surface area contributed by atoms with Crippen LogP contribution in [-0.4, -0.2) is 10.9 Å². The summed E-state index contributed by atoms with van der Waals surface area (Å²) in [6.45, 7) is 2.02. The highest BCUT2D eigenvalue weighted by atomic mass is 16.4. The van der Waals surface area contributed by atoms with Gasteiger partial charge < -0.3 is 15.1 Å². The highest BCUT2D eigenvalue weighted by Crippen LogP contribution is 2.29. The lowest BCUT2D eigenvalue weighted by Crippen LogP contribution is -2.19. The van der Waals surface area contributed by atoms with E-state index < -0.39 is 0 Å². The molecule has 2 N–H and O–H groups in total. The van der Waals surface area contributed by atoms with Gasteiger partial charge in [-0.15, -0.1) is 0 Å². The number of benzene rings is 2. The van der Waals surface area contributed by atoms with E-state index in [-0.39, 0.29) is 11.9 Å². The van der Waals surface area contributed by atoms with Gasteiger partial charge in [-0.3, -0.25) is 4.79 Å². The van der Waals surface area contributed by atoms with Gasteiger partial charge in [-0.1, -0.05) is 30.3 Å². The number of fused-ring (bicyclic) bond motifs is 1. The molecule has 1 aliphatic rings. The summed E-state index contributed by atoms with van der Waals surface area (Å²) in [5.41, 5.74) is 4.05. The largest absolute Gasteiger partial charge is 0.438 e. The summed E-state index contributed by atoms with van der Waals surface area (Å²) in [6, 6.07) is 15.8. The number of hydrogen-bond acceptors (Lipinski definition) is 4. The molecule has 0 spiro atoms. The van der Waals surface area contributed by atoms with Crippen LogP contribution in [0.2, 0.25) is 0 Å². The molecular weight excluding hydrogens is 314 g/mol. The lowest BCUT2D eigenvalue weighted by Gasteiger charge is -2.19. The molecule has 2 heterocycles. The maximum Gasteiger partial charge on any atom is 0.224 e. The van der Waals surface area contributed by atoms with Gasteiger partial charge in [0.2, 0.25) is 11.8 Å². The first kappa shape index (κ1) is 15.4. The quantitative estimate of drug-likeness (QED) is 0.742. The highest BCUT2D eigenvalue weighted by Gasteiger charge is 2.17. The van der Waals surface area contributed by atoms with Gasteiger partial charge in [0, 0.05) is 23.4 Å². The predicted molar refractivity (Wildman–Crippen MR) is 97.4 cm³/mol. The lowest BCUT2D eigenvalue weighted by atomic mass is 10.0. The summed E-state index contributed by atoms with van der Waals surface area (Å²) < 4.78 is 5.90. The van der Waals surface area contributed by atoms with Crippen molar-refractivity contribution < 1.29 is 9.21 Å². The Morgan fingerprint density at radius 2 is 2.00 bits per heavy atom. The molecule has 0 radical (unpaired) electrons. The van der Waals surface area contributed by atoms with Gasteiger partial charge in [0.25, 0.3) is 0 Å². The third-order valence-electron chi connectivity index (χ3n) is 4.34. The molecule has 1 aromatic heterocycles. The van der Waals surface area contributed by atoms with Gasteiger partial charge in [0.1, 0.15) is 6.04 Å². The van der Waals surface area contributed by atoms with Gasteiger partial charge in [-0.05, 0) is 37.1 Å². The number of nitrogens with one attached hydrogen (secondary N) is 2. The van der Waals surface area contributed by atoms with E-state index in [9.17, 15) is 4.79 Å².